The standard InChI is InChI=1S/C14H21NO2/c1-4-10-15(11(3)14(16)17)13-8-6-12(5-2)7-9-13/h6-9,11H,4-5,10H2,1-3H3,(H,16,17)/t11-/m0/s1. The van der Waals surface area contributed by atoms with Crippen LogP contribution in [0.1, 0.15) is 32.8 Å². The number of carbonyl (C=O) groups is 1. The SMILES string of the molecule is CCCN(c1ccc(CC)cc1)[C@@H](C)C(=O)O. The van der Waals surface area contributed by atoms with Gasteiger partial charge in [0.05, 0.1) is 0 Å². The van der Waals surface area contributed by atoms with Crippen LogP contribution >= 0.6 is 0 Å². The molecule has 3 nitrogen and oxygen atoms in total. The predicted octanol–water partition coefficient (Wildman–Crippen LogP) is 2.94. The summed E-state index contributed by atoms with van der Waals surface area (Å²) < 4.78 is 0. The van der Waals surface area contributed by atoms with Gasteiger partial charge in [-0.1, -0.05) is 26.0 Å². The number of nitrogens with zero attached hydrogens (tertiary/aromatic N) is 1. The van der Waals surface area contributed by atoms with Gasteiger partial charge >= 0.3 is 5.97 Å². The Morgan fingerprint density at radius 2 is 1.88 bits per heavy atom. The maximum Gasteiger partial charge on any atom is 0.326 e. The van der Waals surface area contributed by atoms with E-state index in [1.807, 2.05) is 17.0 Å². The van der Waals surface area contributed by atoms with Crippen molar-refractivity contribution in [3.8, 4) is 0 Å². The topological polar surface area (TPSA) is 40.5 Å². The van der Waals surface area contributed by atoms with E-state index in [1.54, 1.807) is 6.92 Å². The highest BCUT2D eigenvalue weighted by atomic mass is 16.4. The Hall–Kier alpha value is -1.51. The molecule has 0 bridgehead atoms. The van der Waals surface area contributed by atoms with E-state index in [9.17, 15) is 4.79 Å². The van der Waals surface area contributed by atoms with E-state index in [2.05, 4.69) is 26.0 Å². The van der Waals surface area contributed by atoms with Crippen LogP contribution in [0.2, 0.25) is 0 Å². The summed E-state index contributed by atoms with van der Waals surface area (Å²) in [5.41, 5.74) is 2.26. The zero-order chi connectivity index (χ0) is 12.8. The van der Waals surface area contributed by atoms with E-state index in [0.29, 0.717) is 0 Å². The normalized spacial score (nSPS) is 12.2. The average Bonchev–Trinajstić information content (AvgIpc) is 2.35. The second-order valence-corrected chi connectivity index (χ2v) is 4.23. The van der Waals surface area contributed by atoms with E-state index < -0.39 is 12.0 Å². The summed E-state index contributed by atoms with van der Waals surface area (Å²) in [7, 11) is 0. The van der Waals surface area contributed by atoms with Crippen LogP contribution in [0.25, 0.3) is 0 Å². The second kappa shape index (κ2) is 6.28. The lowest BCUT2D eigenvalue weighted by Gasteiger charge is -2.28. The second-order valence-electron chi connectivity index (χ2n) is 4.23. The summed E-state index contributed by atoms with van der Waals surface area (Å²) in [6.45, 7) is 6.66. The lowest BCUT2D eigenvalue weighted by Crippen LogP contribution is -2.39. The average molecular weight is 235 g/mol. The Morgan fingerprint density at radius 1 is 1.29 bits per heavy atom. The molecule has 17 heavy (non-hydrogen) atoms. The lowest BCUT2D eigenvalue weighted by molar-refractivity contribution is -0.138. The van der Waals surface area contributed by atoms with Crippen molar-refractivity contribution in [2.24, 2.45) is 0 Å². The predicted molar refractivity (Wildman–Crippen MR) is 70.6 cm³/mol. The molecule has 0 aliphatic heterocycles. The first kappa shape index (κ1) is 13.6. The molecule has 0 saturated carbocycles. The summed E-state index contributed by atoms with van der Waals surface area (Å²) in [4.78, 5) is 13.0. The molecular weight excluding hydrogens is 214 g/mol. The fourth-order valence-electron chi connectivity index (χ4n) is 1.84. The van der Waals surface area contributed by atoms with Crippen LogP contribution in [0, 0.1) is 0 Å². The number of hydrogen-bond acceptors (Lipinski definition) is 2. The first-order valence-corrected chi connectivity index (χ1v) is 6.18. The maximum absolute atomic E-state index is 11.1. The van der Waals surface area contributed by atoms with Crippen molar-refractivity contribution < 1.29 is 9.90 Å². The monoisotopic (exact) mass is 235 g/mol. The van der Waals surface area contributed by atoms with Crippen LogP contribution in [0.3, 0.4) is 0 Å². The molecule has 0 aromatic heterocycles. The minimum atomic E-state index is -0.780. The van der Waals surface area contributed by atoms with Crippen LogP contribution in [-0.2, 0) is 11.2 Å². The zero-order valence-corrected chi connectivity index (χ0v) is 10.8. The van der Waals surface area contributed by atoms with Crippen molar-refractivity contribution in [2.75, 3.05) is 11.4 Å². The van der Waals surface area contributed by atoms with E-state index in [4.69, 9.17) is 5.11 Å². The number of aliphatic carboxylic acids is 1. The van der Waals surface area contributed by atoms with Crippen molar-refractivity contribution in [1.29, 1.82) is 0 Å². The Balaban J connectivity index is 2.92. The van der Waals surface area contributed by atoms with Crippen LogP contribution in [-0.4, -0.2) is 23.7 Å². The molecule has 0 amide bonds. The van der Waals surface area contributed by atoms with E-state index in [1.165, 1.54) is 5.56 Å². The highest BCUT2D eigenvalue weighted by Crippen LogP contribution is 2.18. The van der Waals surface area contributed by atoms with Gasteiger partial charge in [-0.2, -0.15) is 0 Å². The van der Waals surface area contributed by atoms with Crippen LogP contribution in [0.15, 0.2) is 24.3 Å². The lowest BCUT2D eigenvalue weighted by atomic mass is 10.1. The number of rotatable bonds is 6. The molecule has 3 heteroatoms. The van der Waals surface area contributed by atoms with Gasteiger partial charge in [0.1, 0.15) is 6.04 Å². The molecule has 0 unspecified atom stereocenters. The first-order valence-electron chi connectivity index (χ1n) is 6.18. The third kappa shape index (κ3) is 3.48. The van der Waals surface area contributed by atoms with Gasteiger partial charge in [-0.15, -0.1) is 0 Å². The van der Waals surface area contributed by atoms with E-state index >= 15 is 0 Å². The maximum atomic E-state index is 11.1. The van der Waals surface area contributed by atoms with E-state index in [0.717, 1.165) is 25.1 Å². The number of benzene rings is 1. The molecule has 94 valence electrons. The Bertz CT molecular complexity index is 359. The number of carboxylic acid groups (broad SMARTS) is 1. The largest absolute Gasteiger partial charge is 0.480 e. The molecule has 1 rings (SSSR count). The molecule has 0 aliphatic rings. The third-order valence-corrected chi connectivity index (χ3v) is 2.97. The quantitative estimate of drug-likeness (QED) is 0.824. The number of aryl methyl sites for hydroxylation is 1. The molecule has 0 spiro atoms. The smallest absolute Gasteiger partial charge is 0.326 e. The van der Waals surface area contributed by atoms with Crippen molar-refractivity contribution in [2.45, 2.75) is 39.7 Å². The summed E-state index contributed by atoms with van der Waals surface area (Å²) >= 11 is 0. The molecule has 0 aliphatic carbocycles. The molecule has 1 aromatic carbocycles. The van der Waals surface area contributed by atoms with Gasteiger partial charge in [-0.05, 0) is 37.5 Å². The number of carboxylic acids is 1. The third-order valence-electron chi connectivity index (χ3n) is 2.97. The van der Waals surface area contributed by atoms with E-state index in [-0.39, 0.29) is 0 Å². The first-order chi connectivity index (χ1) is 8.10. The number of hydrogen-bond donors (Lipinski definition) is 1. The Labute approximate surface area is 103 Å². The van der Waals surface area contributed by atoms with Gasteiger partial charge in [-0.3, -0.25) is 0 Å². The number of anilines is 1. The van der Waals surface area contributed by atoms with Crippen molar-refractivity contribution >= 4 is 11.7 Å². The molecule has 0 saturated heterocycles. The van der Waals surface area contributed by atoms with Gasteiger partial charge in [0.15, 0.2) is 0 Å². The van der Waals surface area contributed by atoms with Crippen molar-refractivity contribution in [3.63, 3.8) is 0 Å². The zero-order valence-electron chi connectivity index (χ0n) is 10.8. The molecule has 1 atom stereocenters. The van der Waals surface area contributed by atoms with Crippen molar-refractivity contribution in [3.05, 3.63) is 29.8 Å². The van der Waals surface area contributed by atoms with Crippen molar-refractivity contribution in [1.82, 2.24) is 0 Å². The summed E-state index contributed by atoms with van der Waals surface area (Å²) in [6.07, 6.45) is 1.94. The Morgan fingerprint density at radius 3 is 2.29 bits per heavy atom. The summed E-state index contributed by atoms with van der Waals surface area (Å²) in [5.74, 6) is -0.780. The molecule has 0 heterocycles. The Kier molecular flexibility index (Phi) is 5.01. The van der Waals surface area contributed by atoms with Gasteiger partial charge in [0.2, 0.25) is 0 Å². The molecular formula is C14H21NO2. The fraction of sp³-hybridized carbons (Fsp3) is 0.500. The summed E-state index contributed by atoms with van der Waals surface area (Å²) in [6, 6.07) is 7.66. The van der Waals surface area contributed by atoms with Gasteiger partial charge in [0, 0.05) is 12.2 Å². The minimum Gasteiger partial charge on any atom is -0.480 e. The minimum absolute atomic E-state index is 0.484. The van der Waals surface area contributed by atoms with Crippen LogP contribution < -0.4 is 4.90 Å². The van der Waals surface area contributed by atoms with Gasteiger partial charge in [0.25, 0.3) is 0 Å². The van der Waals surface area contributed by atoms with Crippen LogP contribution in [0.4, 0.5) is 5.69 Å². The summed E-state index contributed by atoms with van der Waals surface area (Å²) in [5, 5.41) is 9.10. The molecule has 0 radical (unpaired) electrons. The molecule has 0 fully saturated rings. The highest BCUT2D eigenvalue weighted by molar-refractivity contribution is 5.77. The molecule has 1 N–H and O–H groups in total. The fourth-order valence-corrected chi connectivity index (χ4v) is 1.84. The van der Waals surface area contributed by atoms with Gasteiger partial charge in [-0.25, -0.2) is 4.79 Å². The van der Waals surface area contributed by atoms with Gasteiger partial charge < -0.3 is 10.0 Å². The highest BCUT2D eigenvalue weighted by Gasteiger charge is 2.19. The molecule has 1 aromatic rings. The van der Waals surface area contributed by atoms with Crippen LogP contribution in [0.5, 0.6) is 0 Å².